The smallest absolute Gasteiger partial charge is 0.409 e. The van der Waals surface area contributed by atoms with E-state index in [1.165, 1.54) is 0 Å². The van der Waals surface area contributed by atoms with Gasteiger partial charge < -0.3 is 25.2 Å². The van der Waals surface area contributed by atoms with Crippen molar-refractivity contribution in [2.24, 2.45) is 0 Å². The summed E-state index contributed by atoms with van der Waals surface area (Å²) in [5, 5.41) is 16.9. The lowest BCUT2D eigenvalue weighted by molar-refractivity contribution is 0.182. The molecule has 0 unspecified atom stereocenters. The Hall–Kier alpha value is -3.26. The van der Waals surface area contributed by atoms with E-state index in [2.05, 4.69) is 16.0 Å². The minimum Gasteiger partial charge on any atom is -0.465 e. The van der Waals surface area contributed by atoms with Crippen molar-refractivity contribution in [3.8, 4) is 11.5 Å². The summed E-state index contributed by atoms with van der Waals surface area (Å²) in [4.78, 5) is 22.8. The van der Waals surface area contributed by atoms with Crippen molar-refractivity contribution in [2.75, 3.05) is 17.7 Å². The second-order valence-electron chi connectivity index (χ2n) is 6.42. The summed E-state index contributed by atoms with van der Waals surface area (Å²) in [5.74, 6) is 1.13. The molecule has 29 heavy (non-hydrogen) atoms. The van der Waals surface area contributed by atoms with E-state index in [4.69, 9.17) is 14.6 Å². The van der Waals surface area contributed by atoms with Crippen molar-refractivity contribution >= 4 is 23.5 Å². The third-order valence-electron chi connectivity index (χ3n) is 4.27. The zero-order valence-electron chi connectivity index (χ0n) is 16.8. The third kappa shape index (κ3) is 7.00. The fourth-order valence-corrected chi connectivity index (χ4v) is 2.73. The summed E-state index contributed by atoms with van der Waals surface area (Å²) in [6.07, 6.45) is 0.612. The SMILES string of the molecule is CCC(CC)NC(=O)Nc1ccc(Oc2ccc(NC(=O)O)cc2COC)cc1. The number of carboxylic acid groups (broad SMARTS) is 1. The van der Waals surface area contributed by atoms with Crippen LogP contribution >= 0.6 is 0 Å². The first-order valence-corrected chi connectivity index (χ1v) is 9.42. The minimum atomic E-state index is -1.14. The molecule has 0 bridgehead atoms. The van der Waals surface area contributed by atoms with Crippen molar-refractivity contribution < 1.29 is 24.2 Å². The summed E-state index contributed by atoms with van der Waals surface area (Å²) in [6.45, 7) is 4.33. The number of ether oxygens (including phenoxy) is 2. The van der Waals surface area contributed by atoms with Gasteiger partial charge in [-0.25, -0.2) is 9.59 Å². The Balaban J connectivity index is 2.05. The zero-order valence-corrected chi connectivity index (χ0v) is 16.8. The van der Waals surface area contributed by atoms with Crippen LogP contribution in [0.25, 0.3) is 0 Å². The molecule has 0 saturated heterocycles. The molecule has 2 aromatic rings. The Morgan fingerprint density at radius 3 is 2.24 bits per heavy atom. The molecule has 8 nitrogen and oxygen atoms in total. The van der Waals surface area contributed by atoms with Crippen molar-refractivity contribution in [3.05, 3.63) is 48.0 Å². The average Bonchev–Trinajstić information content (AvgIpc) is 2.69. The minimum absolute atomic E-state index is 0.149. The predicted molar refractivity (Wildman–Crippen MR) is 112 cm³/mol. The number of nitrogens with one attached hydrogen (secondary N) is 3. The highest BCUT2D eigenvalue weighted by Gasteiger charge is 2.10. The number of urea groups is 1. The van der Waals surface area contributed by atoms with Crippen LogP contribution in [0.1, 0.15) is 32.3 Å². The molecule has 0 radical (unpaired) electrons. The molecule has 2 aromatic carbocycles. The van der Waals surface area contributed by atoms with E-state index in [0.29, 0.717) is 28.4 Å². The maximum atomic E-state index is 12.0. The molecule has 0 aliphatic rings. The highest BCUT2D eigenvalue weighted by Crippen LogP contribution is 2.29. The van der Waals surface area contributed by atoms with Gasteiger partial charge >= 0.3 is 12.1 Å². The van der Waals surface area contributed by atoms with Gasteiger partial charge in [-0.1, -0.05) is 13.8 Å². The van der Waals surface area contributed by atoms with Gasteiger partial charge in [0.1, 0.15) is 11.5 Å². The fourth-order valence-electron chi connectivity index (χ4n) is 2.73. The number of hydrogen-bond acceptors (Lipinski definition) is 4. The van der Waals surface area contributed by atoms with Gasteiger partial charge in [0.05, 0.1) is 6.61 Å². The molecule has 4 N–H and O–H groups in total. The highest BCUT2D eigenvalue weighted by molar-refractivity contribution is 5.89. The number of anilines is 2. The van der Waals surface area contributed by atoms with Gasteiger partial charge in [-0.15, -0.1) is 0 Å². The van der Waals surface area contributed by atoms with Gasteiger partial charge in [-0.3, -0.25) is 5.32 Å². The second kappa shape index (κ2) is 10.9. The summed E-state index contributed by atoms with van der Waals surface area (Å²) in [5.41, 5.74) is 1.78. The van der Waals surface area contributed by atoms with Gasteiger partial charge in [-0.05, 0) is 55.3 Å². The Bertz CT molecular complexity index is 820. The van der Waals surface area contributed by atoms with E-state index in [9.17, 15) is 9.59 Å². The number of rotatable bonds is 9. The molecular formula is C21H27N3O5. The summed E-state index contributed by atoms with van der Waals surface area (Å²) < 4.78 is 11.1. The number of carbonyl (C=O) groups excluding carboxylic acids is 1. The number of methoxy groups -OCH3 is 1. The van der Waals surface area contributed by atoms with Crippen molar-refractivity contribution in [3.63, 3.8) is 0 Å². The Labute approximate surface area is 170 Å². The maximum Gasteiger partial charge on any atom is 0.409 e. The van der Waals surface area contributed by atoms with Crippen LogP contribution in [0.15, 0.2) is 42.5 Å². The van der Waals surface area contributed by atoms with Crippen molar-refractivity contribution in [2.45, 2.75) is 39.3 Å². The normalized spacial score (nSPS) is 10.5. The molecule has 0 spiro atoms. The number of carbonyl (C=O) groups is 2. The summed E-state index contributed by atoms with van der Waals surface area (Å²) >= 11 is 0. The van der Waals surface area contributed by atoms with Crippen LogP contribution in [0, 0.1) is 0 Å². The monoisotopic (exact) mass is 401 g/mol. The van der Waals surface area contributed by atoms with Crippen molar-refractivity contribution in [1.29, 1.82) is 0 Å². The fraction of sp³-hybridized carbons (Fsp3) is 0.333. The van der Waals surface area contributed by atoms with Crippen LogP contribution in [-0.2, 0) is 11.3 Å². The first kappa shape index (κ1) is 22.0. The van der Waals surface area contributed by atoms with E-state index in [1.54, 1.807) is 49.6 Å². The largest absolute Gasteiger partial charge is 0.465 e. The molecule has 0 aliphatic carbocycles. The lowest BCUT2D eigenvalue weighted by Gasteiger charge is -2.16. The van der Waals surface area contributed by atoms with Gasteiger partial charge in [0.25, 0.3) is 0 Å². The van der Waals surface area contributed by atoms with Crippen LogP contribution in [0.2, 0.25) is 0 Å². The lowest BCUT2D eigenvalue weighted by atomic mass is 10.2. The number of benzene rings is 2. The number of amides is 3. The van der Waals surface area contributed by atoms with E-state index in [0.717, 1.165) is 12.8 Å². The average molecular weight is 401 g/mol. The first-order valence-electron chi connectivity index (χ1n) is 9.42. The molecule has 3 amide bonds. The molecule has 0 aliphatic heterocycles. The Kier molecular flexibility index (Phi) is 8.29. The van der Waals surface area contributed by atoms with E-state index in [1.807, 2.05) is 13.8 Å². The van der Waals surface area contributed by atoms with Crippen LogP contribution in [0.5, 0.6) is 11.5 Å². The van der Waals surface area contributed by atoms with Crippen molar-refractivity contribution in [1.82, 2.24) is 5.32 Å². The first-order chi connectivity index (χ1) is 13.9. The molecule has 0 saturated carbocycles. The molecule has 0 aromatic heterocycles. The van der Waals surface area contributed by atoms with Crippen LogP contribution in [-0.4, -0.2) is 30.4 Å². The number of hydrogen-bond donors (Lipinski definition) is 4. The Morgan fingerprint density at radius 2 is 1.66 bits per heavy atom. The molecule has 0 heterocycles. The molecule has 0 fully saturated rings. The third-order valence-corrected chi connectivity index (χ3v) is 4.27. The lowest BCUT2D eigenvalue weighted by Crippen LogP contribution is -2.37. The zero-order chi connectivity index (χ0) is 21.2. The van der Waals surface area contributed by atoms with Crippen LogP contribution in [0.4, 0.5) is 21.0 Å². The van der Waals surface area contributed by atoms with Crippen LogP contribution in [0.3, 0.4) is 0 Å². The topological polar surface area (TPSA) is 109 Å². The predicted octanol–water partition coefficient (Wildman–Crippen LogP) is 5.03. The quantitative estimate of drug-likeness (QED) is 0.471. The van der Waals surface area contributed by atoms with Crippen LogP contribution < -0.4 is 20.7 Å². The van der Waals surface area contributed by atoms with E-state index >= 15 is 0 Å². The second-order valence-corrected chi connectivity index (χ2v) is 6.42. The van der Waals surface area contributed by atoms with E-state index < -0.39 is 6.09 Å². The molecule has 156 valence electrons. The molecule has 8 heteroatoms. The standard InChI is InChI=1S/C21H27N3O5/c1-4-15(5-2)22-20(25)23-16-6-9-18(10-7-16)29-19-11-8-17(24-21(26)27)12-14(19)13-28-3/h6-12,15,24H,4-5,13H2,1-3H3,(H,26,27)(H2,22,23,25). The molecule has 0 atom stereocenters. The van der Waals surface area contributed by atoms with E-state index in [-0.39, 0.29) is 18.7 Å². The van der Waals surface area contributed by atoms with Gasteiger partial charge in [0, 0.05) is 30.1 Å². The summed E-state index contributed by atoms with van der Waals surface area (Å²) in [6, 6.07) is 11.8. The van der Waals surface area contributed by atoms with Gasteiger partial charge in [0.2, 0.25) is 0 Å². The summed E-state index contributed by atoms with van der Waals surface area (Å²) in [7, 11) is 1.55. The maximum absolute atomic E-state index is 12.0. The Morgan fingerprint density at radius 1 is 1.00 bits per heavy atom. The van der Waals surface area contributed by atoms with Gasteiger partial charge in [0.15, 0.2) is 0 Å². The molecular weight excluding hydrogens is 374 g/mol. The van der Waals surface area contributed by atoms with Gasteiger partial charge in [-0.2, -0.15) is 0 Å². The highest BCUT2D eigenvalue weighted by atomic mass is 16.5. The molecule has 2 rings (SSSR count).